The highest BCUT2D eigenvalue weighted by atomic mass is 14.6. The Morgan fingerprint density at radius 1 is 1.11 bits per heavy atom. The molecule has 1 fully saturated rings. The highest BCUT2D eigenvalue weighted by Crippen LogP contribution is 2.20. The number of rotatable bonds is 0. The second-order valence-electron chi connectivity index (χ2n) is 3.37. The van der Waals surface area contributed by atoms with Crippen LogP contribution < -0.4 is 5.73 Å². The van der Waals surface area contributed by atoms with Crippen LogP contribution in [-0.2, 0) is 0 Å². The zero-order valence-electron chi connectivity index (χ0n) is 6.27. The molecule has 1 heteroatoms. The molecule has 1 aliphatic rings. The van der Waals surface area contributed by atoms with E-state index in [1.165, 1.54) is 32.1 Å². The molecule has 1 rings (SSSR count). The van der Waals surface area contributed by atoms with Crippen molar-refractivity contribution in [3.8, 4) is 0 Å². The van der Waals surface area contributed by atoms with E-state index in [0.717, 1.165) is 5.92 Å². The van der Waals surface area contributed by atoms with E-state index in [4.69, 9.17) is 5.73 Å². The molecule has 1 saturated carbocycles. The molecule has 1 nitrogen and oxygen atoms in total. The Kier molecular flexibility index (Phi) is 2.52. The Bertz CT molecular complexity index is 70.6. The smallest absolute Gasteiger partial charge is 0.00389 e. The first-order valence-corrected chi connectivity index (χ1v) is 4.04. The van der Waals surface area contributed by atoms with E-state index in [1.54, 1.807) is 0 Å². The molecular weight excluding hydrogens is 110 g/mol. The van der Waals surface area contributed by atoms with Gasteiger partial charge in [-0.3, -0.25) is 0 Å². The first-order valence-electron chi connectivity index (χ1n) is 4.04. The van der Waals surface area contributed by atoms with Gasteiger partial charge < -0.3 is 5.73 Å². The maximum absolute atomic E-state index is 5.80. The highest BCUT2D eigenvalue weighted by Gasteiger charge is 2.11. The van der Waals surface area contributed by atoms with Crippen molar-refractivity contribution in [1.82, 2.24) is 0 Å². The van der Waals surface area contributed by atoms with E-state index in [1.807, 2.05) is 0 Å². The van der Waals surface area contributed by atoms with Gasteiger partial charge in [0.25, 0.3) is 0 Å². The normalized spacial score (nSPS) is 38.0. The SMILES string of the molecule is C[C@@H]1CCC[C@H](N)CC1. The standard InChI is InChI=1S/C8H17N/c1-7-3-2-4-8(9)6-5-7/h7-8H,2-6,9H2,1H3/t7-,8+/m1/s1. The molecule has 0 heterocycles. The van der Waals surface area contributed by atoms with Gasteiger partial charge in [0.15, 0.2) is 0 Å². The molecular formula is C8H17N. The van der Waals surface area contributed by atoms with Crippen molar-refractivity contribution in [2.75, 3.05) is 0 Å². The molecule has 0 spiro atoms. The minimum absolute atomic E-state index is 0.509. The van der Waals surface area contributed by atoms with Crippen molar-refractivity contribution in [2.24, 2.45) is 11.7 Å². The van der Waals surface area contributed by atoms with Crippen molar-refractivity contribution in [2.45, 2.75) is 45.1 Å². The maximum Gasteiger partial charge on any atom is 0.00389 e. The number of hydrogen-bond donors (Lipinski definition) is 1. The summed E-state index contributed by atoms with van der Waals surface area (Å²) in [7, 11) is 0. The van der Waals surface area contributed by atoms with E-state index in [0.29, 0.717) is 6.04 Å². The fourth-order valence-corrected chi connectivity index (χ4v) is 1.52. The van der Waals surface area contributed by atoms with Crippen molar-refractivity contribution >= 4 is 0 Å². The van der Waals surface area contributed by atoms with E-state index in [-0.39, 0.29) is 0 Å². The molecule has 2 N–H and O–H groups in total. The molecule has 0 aliphatic heterocycles. The van der Waals surface area contributed by atoms with Gasteiger partial charge in [-0.25, -0.2) is 0 Å². The topological polar surface area (TPSA) is 26.0 Å². The summed E-state index contributed by atoms with van der Waals surface area (Å²) in [4.78, 5) is 0. The lowest BCUT2D eigenvalue weighted by atomic mass is 10.0. The zero-order chi connectivity index (χ0) is 6.69. The van der Waals surface area contributed by atoms with Gasteiger partial charge in [-0.1, -0.05) is 19.8 Å². The van der Waals surface area contributed by atoms with Crippen LogP contribution in [0, 0.1) is 5.92 Å². The molecule has 0 aromatic rings. The largest absolute Gasteiger partial charge is 0.328 e. The molecule has 1 aliphatic carbocycles. The van der Waals surface area contributed by atoms with Crippen LogP contribution in [0.3, 0.4) is 0 Å². The lowest BCUT2D eigenvalue weighted by molar-refractivity contribution is 0.499. The summed E-state index contributed by atoms with van der Waals surface area (Å²) in [5.74, 6) is 0.929. The van der Waals surface area contributed by atoms with Crippen molar-refractivity contribution in [3.05, 3.63) is 0 Å². The summed E-state index contributed by atoms with van der Waals surface area (Å²) in [6.07, 6.45) is 6.60. The third kappa shape index (κ3) is 2.35. The average Bonchev–Trinajstić information content (AvgIpc) is 1.97. The first kappa shape index (κ1) is 7.07. The van der Waals surface area contributed by atoms with Gasteiger partial charge in [0.05, 0.1) is 0 Å². The van der Waals surface area contributed by atoms with Crippen LogP contribution in [0.15, 0.2) is 0 Å². The van der Waals surface area contributed by atoms with Crippen molar-refractivity contribution in [1.29, 1.82) is 0 Å². The van der Waals surface area contributed by atoms with Gasteiger partial charge in [-0.15, -0.1) is 0 Å². The molecule has 9 heavy (non-hydrogen) atoms. The maximum atomic E-state index is 5.80. The van der Waals surface area contributed by atoms with Gasteiger partial charge in [-0.05, 0) is 25.2 Å². The molecule has 0 radical (unpaired) electrons. The first-order chi connectivity index (χ1) is 4.29. The Balaban J connectivity index is 2.25. The van der Waals surface area contributed by atoms with Crippen LogP contribution in [0.1, 0.15) is 39.0 Å². The second kappa shape index (κ2) is 3.21. The van der Waals surface area contributed by atoms with Crippen LogP contribution in [0.2, 0.25) is 0 Å². The molecule has 0 aromatic carbocycles. The van der Waals surface area contributed by atoms with Gasteiger partial charge >= 0.3 is 0 Å². The predicted molar refractivity (Wildman–Crippen MR) is 40.2 cm³/mol. The van der Waals surface area contributed by atoms with Gasteiger partial charge in [0.2, 0.25) is 0 Å². The van der Waals surface area contributed by atoms with Crippen LogP contribution in [0.5, 0.6) is 0 Å². The molecule has 0 amide bonds. The summed E-state index contributed by atoms with van der Waals surface area (Å²) < 4.78 is 0. The van der Waals surface area contributed by atoms with Gasteiger partial charge in [0, 0.05) is 6.04 Å². The summed E-state index contributed by atoms with van der Waals surface area (Å²) in [5, 5.41) is 0. The van der Waals surface area contributed by atoms with Crippen LogP contribution in [0.25, 0.3) is 0 Å². The Morgan fingerprint density at radius 3 is 2.67 bits per heavy atom. The lowest BCUT2D eigenvalue weighted by Crippen LogP contribution is -2.17. The summed E-state index contributed by atoms with van der Waals surface area (Å²) in [6, 6.07) is 0.509. The Hall–Kier alpha value is -0.0400. The molecule has 54 valence electrons. The summed E-state index contributed by atoms with van der Waals surface area (Å²) >= 11 is 0. The van der Waals surface area contributed by atoms with E-state index in [2.05, 4.69) is 6.92 Å². The van der Waals surface area contributed by atoms with Gasteiger partial charge in [-0.2, -0.15) is 0 Å². The van der Waals surface area contributed by atoms with E-state index in [9.17, 15) is 0 Å². The fraction of sp³-hybridized carbons (Fsp3) is 1.00. The molecule has 0 unspecified atom stereocenters. The number of hydrogen-bond acceptors (Lipinski definition) is 1. The third-order valence-corrected chi connectivity index (χ3v) is 2.30. The Labute approximate surface area is 57.6 Å². The summed E-state index contributed by atoms with van der Waals surface area (Å²) in [6.45, 7) is 2.33. The fourth-order valence-electron chi connectivity index (χ4n) is 1.52. The number of nitrogens with two attached hydrogens (primary N) is 1. The van der Waals surface area contributed by atoms with Crippen LogP contribution >= 0.6 is 0 Å². The predicted octanol–water partition coefficient (Wildman–Crippen LogP) is 1.91. The quantitative estimate of drug-likeness (QED) is 0.494. The molecule has 0 saturated heterocycles. The lowest BCUT2D eigenvalue weighted by Gasteiger charge is -2.05. The minimum atomic E-state index is 0.509. The monoisotopic (exact) mass is 127 g/mol. The molecule has 0 aromatic heterocycles. The van der Waals surface area contributed by atoms with Crippen LogP contribution in [0.4, 0.5) is 0 Å². The third-order valence-electron chi connectivity index (χ3n) is 2.30. The van der Waals surface area contributed by atoms with E-state index < -0.39 is 0 Å². The summed E-state index contributed by atoms with van der Waals surface area (Å²) in [5.41, 5.74) is 5.80. The van der Waals surface area contributed by atoms with E-state index >= 15 is 0 Å². The second-order valence-corrected chi connectivity index (χ2v) is 3.37. The average molecular weight is 127 g/mol. The minimum Gasteiger partial charge on any atom is -0.328 e. The van der Waals surface area contributed by atoms with Gasteiger partial charge in [0.1, 0.15) is 0 Å². The zero-order valence-corrected chi connectivity index (χ0v) is 6.27. The van der Waals surface area contributed by atoms with Crippen LogP contribution in [-0.4, -0.2) is 6.04 Å². The highest BCUT2D eigenvalue weighted by molar-refractivity contribution is 4.69. The molecule has 2 atom stereocenters. The molecule has 0 bridgehead atoms. The van der Waals surface area contributed by atoms with Crippen molar-refractivity contribution in [3.63, 3.8) is 0 Å². The van der Waals surface area contributed by atoms with Crippen molar-refractivity contribution < 1.29 is 0 Å². The Morgan fingerprint density at radius 2 is 1.89 bits per heavy atom.